The highest BCUT2D eigenvalue weighted by Crippen LogP contribution is 2.33. The number of aryl methyl sites for hydroxylation is 2. The van der Waals surface area contributed by atoms with E-state index in [4.69, 9.17) is 19.7 Å². The molecule has 2 N–H and O–H groups in total. The van der Waals surface area contributed by atoms with Crippen LogP contribution in [0.15, 0.2) is 46.6 Å². The Balaban J connectivity index is 1.68. The molecule has 3 rings (SSSR count). The first kappa shape index (κ1) is 30.2. The third kappa shape index (κ3) is 9.42. The van der Waals surface area contributed by atoms with Gasteiger partial charge in [0.05, 0.1) is 50.0 Å². The van der Waals surface area contributed by atoms with Gasteiger partial charge in [-0.1, -0.05) is 11.6 Å². The van der Waals surface area contributed by atoms with Crippen LogP contribution in [-0.2, 0) is 28.7 Å². The average molecular weight is 571 g/mol. The van der Waals surface area contributed by atoms with Gasteiger partial charge in [0.25, 0.3) is 0 Å². The summed E-state index contributed by atoms with van der Waals surface area (Å²) >= 11 is 1.27. The van der Waals surface area contributed by atoms with Gasteiger partial charge in [-0.3, -0.25) is 19.2 Å². The molecule has 1 aromatic heterocycles. The maximum absolute atomic E-state index is 11.8. The van der Waals surface area contributed by atoms with Crippen molar-refractivity contribution in [2.75, 3.05) is 31.2 Å². The summed E-state index contributed by atoms with van der Waals surface area (Å²) in [5.74, 6) is -3.43. The number of ether oxygens (including phenoxy) is 2. The van der Waals surface area contributed by atoms with Gasteiger partial charge in [-0.05, 0) is 61.3 Å². The van der Waals surface area contributed by atoms with Gasteiger partial charge in [-0.25, -0.2) is 0 Å². The van der Waals surface area contributed by atoms with Crippen LogP contribution in [0.4, 0.5) is 16.4 Å². The second kappa shape index (κ2) is 14.7. The Morgan fingerprint density at radius 3 is 2.05 bits per heavy atom. The lowest BCUT2D eigenvalue weighted by Crippen LogP contribution is -2.32. The van der Waals surface area contributed by atoms with Gasteiger partial charge in [-0.2, -0.15) is 4.37 Å². The molecule has 1 heterocycles. The van der Waals surface area contributed by atoms with Crippen LogP contribution >= 0.6 is 11.5 Å². The first-order chi connectivity index (χ1) is 19.1. The Bertz CT molecular complexity index is 1370. The maximum atomic E-state index is 11.8. The summed E-state index contributed by atoms with van der Waals surface area (Å²) in [6, 6.07) is 11.4. The highest BCUT2D eigenvalue weighted by atomic mass is 32.1. The van der Waals surface area contributed by atoms with Crippen LogP contribution in [0.3, 0.4) is 0 Å². The van der Waals surface area contributed by atoms with E-state index in [1.807, 2.05) is 49.1 Å². The number of carboxylic acid groups (broad SMARTS) is 2. The number of rotatable bonds is 15. The lowest BCUT2D eigenvalue weighted by atomic mass is 10.1. The monoisotopic (exact) mass is 570 g/mol. The summed E-state index contributed by atoms with van der Waals surface area (Å²) in [4.78, 5) is 46.8. The topological polar surface area (TPSA) is 168 Å². The first-order valence-electron chi connectivity index (χ1n) is 12.5. The SMILES string of the molecule is Cc1ccc2nsc(N=Nc3ccc(N(CCOC(=O)CCC(=O)O)CCOC(=O)CCC(=O)O)cc3C)c2c1. The van der Waals surface area contributed by atoms with Crippen molar-refractivity contribution in [3.8, 4) is 0 Å². The molecule has 212 valence electrons. The van der Waals surface area contributed by atoms with Crippen LogP contribution in [0.1, 0.15) is 36.8 Å². The third-order valence-corrected chi connectivity index (χ3v) is 6.50. The van der Waals surface area contributed by atoms with Gasteiger partial charge in [0.2, 0.25) is 0 Å². The fourth-order valence-corrected chi connectivity index (χ4v) is 4.32. The molecule has 3 aromatic rings. The minimum absolute atomic E-state index is 0.0101. The predicted octanol–water partition coefficient (Wildman–Crippen LogP) is 4.95. The highest BCUT2D eigenvalue weighted by molar-refractivity contribution is 7.11. The van der Waals surface area contributed by atoms with Crippen LogP contribution < -0.4 is 4.90 Å². The minimum atomic E-state index is -1.09. The number of nitrogens with zero attached hydrogens (tertiary/aromatic N) is 4. The Hall–Kier alpha value is -4.39. The molecule has 0 spiro atoms. The number of aromatic nitrogens is 1. The molecule has 0 unspecified atom stereocenters. The number of hydrogen-bond acceptors (Lipinski definition) is 11. The van der Waals surface area contributed by atoms with Gasteiger partial charge >= 0.3 is 23.9 Å². The van der Waals surface area contributed by atoms with Crippen molar-refractivity contribution in [1.82, 2.24) is 4.37 Å². The fourth-order valence-electron chi connectivity index (χ4n) is 3.63. The molecule has 0 aliphatic carbocycles. The van der Waals surface area contributed by atoms with E-state index in [-0.39, 0.29) is 52.0 Å². The van der Waals surface area contributed by atoms with Gasteiger partial charge in [0.1, 0.15) is 13.2 Å². The summed E-state index contributed by atoms with van der Waals surface area (Å²) < 4.78 is 14.7. The normalized spacial score (nSPS) is 11.1. The predicted molar refractivity (Wildman–Crippen MR) is 148 cm³/mol. The Kier molecular flexibility index (Phi) is 11.1. The van der Waals surface area contributed by atoms with Crippen LogP contribution in [0, 0.1) is 13.8 Å². The molecular weight excluding hydrogens is 540 g/mol. The summed E-state index contributed by atoms with van der Waals surface area (Å²) in [6.45, 7) is 4.35. The zero-order valence-corrected chi connectivity index (χ0v) is 23.0. The van der Waals surface area contributed by atoms with E-state index in [9.17, 15) is 19.2 Å². The maximum Gasteiger partial charge on any atom is 0.306 e. The molecule has 12 nitrogen and oxygen atoms in total. The number of azo groups is 1. The minimum Gasteiger partial charge on any atom is -0.481 e. The van der Waals surface area contributed by atoms with E-state index in [2.05, 4.69) is 14.6 Å². The summed E-state index contributed by atoms with van der Waals surface area (Å²) in [7, 11) is 0. The first-order valence-corrected chi connectivity index (χ1v) is 13.3. The zero-order valence-electron chi connectivity index (χ0n) is 22.2. The van der Waals surface area contributed by atoms with Crippen molar-refractivity contribution >= 4 is 62.7 Å². The fraction of sp³-hybridized carbons (Fsp3) is 0.370. The van der Waals surface area contributed by atoms with E-state index in [1.165, 1.54) is 11.5 Å². The molecule has 0 atom stereocenters. The Labute approximate surface area is 234 Å². The van der Waals surface area contributed by atoms with Crippen LogP contribution in [0.2, 0.25) is 0 Å². The molecule has 0 amide bonds. The highest BCUT2D eigenvalue weighted by Gasteiger charge is 2.14. The third-order valence-electron chi connectivity index (χ3n) is 5.74. The van der Waals surface area contributed by atoms with Crippen LogP contribution in [-0.4, -0.2) is 64.8 Å². The Morgan fingerprint density at radius 2 is 1.48 bits per heavy atom. The van der Waals surface area contributed by atoms with Crippen molar-refractivity contribution < 1.29 is 38.9 Å². The number of carboxylic acids is 2. The van der Waals surface area contributed by atoms with E-state index in [0.29, 0.717) is 10.7 Å². The van der Waals surface area contributed by atoms with Crippen molar-refractivity contribution in [2.45, 2.75) is 39.5 Å². The molecule has 0 saturated heterocycles. The molecule has 0 fully saturated rings. The van der Waals surface area contributed by atoms with E-state index >= 15 is 0 Å². The number of esters is 2. The second-order valence-corrected chi connectivity index (χ2v) is 9.65. The van der Waals surface area contributed by atoms with Gasteiger partial charge in [0.15, 0.2) is 5.00 Å². The van der Waals surface area contributed by atoms with Gasteiger partial charge in [0, 0.05) is 11.1 Å². The lowest BCUT2D eigenvalue weighted by Gasteiger charge is -2.25. The molecule has 0 aliphatic heterocycles. The van der Waals surface area contributed by atoms with E-state index < -0.39 is 23.9 Å². The molecular formula is C27H30N4O8S. The van der Waals surface area contributed by atoms with Crippen molar-refractivity contribution in [1.29, 1.82) is 0 Å². The number of fused-ring (bicyclic) bond motifs is 1. The van der Waals surface area contributed by atoms with Crippen molar-refractivity contribution in [3.63, 3.8) is 0 Å². The number of anilines is 1. The van der Waals surface area contributed by atoms with Crippen molar-refractivity contribution in [3.05, 3.63) is 47.5 Å². The van der Waals surface area contributed by atoms with Crippen LogP contribution in [0.5, 0.6) is 0 Å². The number of hydrogen-bond donors (Lipinski definition) is 2. The number of aliphatic carboxylic acids is 2. The number of benzene rings is 2. The standard InChI is InChI=1S/C27H30N4O8S/c1-17-3-5-22-20(15-17)27(40-30-22)29-28-21-6-4-19(16-18(21)2)31(11-13-38-25(36)9-7-23(32)33)12-14-39-26(37)10-8-24(34)35/h3-6,15-16H,7-14H2,1-2H3,(H,32,33)(H,34,35). The molecule has 0 aliphatic rings. The second-order valence-electron chi connectivity index (χ2n) is 8.89. The lowest BCUT2D eigenvalue weighted by molar-refractivity contribution is -0.147. The quantitative estimate of drug-likeness (QED) is 0.188. The number of carbonyl (C=O) groups is 4. The summed E-state index contributed by atoms with van der Waals surface area (Å²) in [5.41, 5.74) is 4.19. The molecule has 13 heteroatoms. The van der Waals surface area contributed by atoms with Crippen LogP contribution in [0.25, 0.3) is 10.9 Å². The summed E-state index contributed by atoms with van der Waals surface area (Å²) in [5, 5.41) is 27.9. The van der Waals surface area contributed by atoms with Gasteiger partial charge in [-0.15, -0.1) is 10.2 Å². The zero-order chi connectivity index (χ0) is 29.1. The molecule has 0 radical (unpaired) electrons. The van der Waals surface area contributed by atoms with E-state index in [0.717, 1.165) is 27.7 Å². The summed E-state index contributed by atoms with van der Waals surface area (Å²) in [6.07, 6.45) is -1.10. The molecule has 0 saturated carbocycles. The van der Waals surface area contributed by atoms with Gasteiger partial charge < -0.3 is 24.6 Å². The molecule has 0 bridgehead atoms. The van der Waals surface area contributed by atoms with Crippen molar-refractivity contribution in [2.24, 2.45) is 10.2 Å². The Morgan fingerprint density at radius 1 is 0.850 bits per heavy atom. The molecule has 2 aromatic carbocycles. The van der Waals surface area contributed by atoms with E-state index in [1.54, 1.807) is 6.07 Å². The average Bonchev–Trinajstić information content (AvgIpc) is 3.31. The largest absolute Gasteiger partial charge is 0.481 e. The number of carbonyl (C=O) groups excluding carboxylic acids is 2. The molecule has 40 heavy (non-hydrogen) atoms. The smallest absolute Gasteiger partial charge is 0.306 e.